The van der Waals surface area contributed by atoms with Gasteiger partial charge in [0.15, 0.2) is 5.82 Å². The molecule has 0 N–H and O–H groups in total. The van der Waals surface area contributed by atoms with Gasteiger partial charge in [0, 0.05) is 43.9 Å². The summed E-state index contributed by atoms with van der Waals surface area (Å²) in [6, 6.07) is 23.2. The lowest BCUT2D eigenvalue weighted by molar-refractivity contribution is -0.132. The van der Waals surface area contributed by atoms with Gasteiger partial charge < -0.3 is 14.7 Å². The summed E-state index contributed by atoms with van der Waals surface area (Å²) in [6.45, 7) is 7.44. The molecule has 4 rings (SSSR count). The van der Waals surface area contributed by atoms with Crippen molar-refractivity contribution in [3.8, 4) is 11.3 Å². The highest BCUT2D eigenvalue weighted by molar-refractivity contribution is 5.96. The Kier molecular flexibility index (Phi) is 8.08. The van der Waals surface area contributed by atoms with E-state index < -0.39 is 0 Å². The van der Waals surface area contributed by atoms with Crippen LogP contribution in [0.5, 0.6) is 0 Å². The van der Waals surface area contributed by atoms with E-state index in [1.807, 2.05) is 65.6 Å². The molecule has 0 saturated carbocycles. The summed E-state index contributed by atoms with van der Waals surface area (Å²) in [5.74, 6) is 1.04. The van der Waals surface area contributed by atoms with Crippen LogP contribution >= 0.6 is 0 Å². The summed E-state index contributed by atoms with van der Waals surface area (Å²) in [5.41, 5.74) is 2.49. The number of nitrogens with zero attached hydrogens (tertiary/aromatic N) is 5. The Morgan fingerprint density at radius 1 is 0.886 bits per heavy atom. The highest BCUT2D eigenvalue weighted by atomic mass is 16.2. The van der Waals surface area contributed by atoms with Crippen LogP contribution < -0.4 is 4.90 Å². The molecular weight excluding hydrogens is 438 g/mol. The smallest absolute Gasteiger partial charge is 0.254 e. The lowest BCUT2D eigenvalue weighted by Gasteiger charge is -2.36. The molecule has 0 bridgehead atoms. The Labute approximate surface area is 207 Å². The first-order valence-corrected chi connectivity index (χ1v) is 12.3. The monoisotopic (exact) mass is 471 g/mol. The van der Waals surface area contributed by atoms with Crippen molar-refractivity contribution in [2.75, 3.05) is 44.2 Å². The number of hydrogen-bond donors (Lipinski definition) is 0. The Balaban J connectivity index is 1.35. The molecule has 7 heteroatoms. The number of rotatable bonds is 8. The average molecular weight is 472 g/mol. The van der Waals surface area contributed by atoms with Crippen LogP contribution in [-0.4, -0.2) is 71.1 Å². The van der Waals surface area contributed by atoms with E-state index >= 15 is 0 Å². The van der Waals surface area contributed by atoms with Crippen LogP contribution in [-0.2, 0) is 4.79 Å². The number of carbonyl (C=O) groups is 2. The Bertz CT molecular complexity index is 1100. The van der Waals surface area contributed by atoms with Crippen LogP contribution in [0, 0.1) is 5.92 Å². The van der Waals surface area contributed by atoms with Crippen molar-refractivity contribution >= 4 is 17.6 Å². The summed E-state index contributed by atoms with van der Waals surface area (Å²) in [4.78, 5) is 32.0. The molecular formula is C28H33N5O2. The SMILES string of the molecule is CCC(C)CN(CC(=O)N1CCN(c2ccc(-c3ccccc3)nn2)CC1)C(=O)c1ccccc1. The van der Waals surface area contributed by atoms with E-state index in [9.17, 15) is 9.59 Å². The maximum atomic E-state index is 13.1. The number of piperazine rings is 1. The first kappa shape index (κ1) is 24.4. The Hall–Kier alpha value is -3.74. The van der Waals surface area contributed by atoms with E-state index in [0.29, 0.717) is 44.2 Å². The van der Waals surface area contributed by atoms with E-state index in [1.165, 1.54) is 0 Å². The fourth-order valence-corrected chi connectivity index (χ4v) is 4.19. The zero-order chi connectivity index (χ0) is 24.6. The van der Waals surface area contributed by atoms with Gasteiger partial charge in [-0.15, -0.1) is 10.2 Å². The van der Waals surface area contributed by atoms with Crippen molar-refractivity contribution in [2.45, 2.75) is 20.3 Å². The topological polar surface area (TPSA) is 69.6 Å². The molecule has 0 aliphatic carbocycles. The molecule has 1 fully saturated rings. The van der Waals surface area contributed by atoms with Gasteiger partial charge in [-0.1, -0.05) is 68.8 Å². The van der Waals surface area contributed by atoms with Crippen LogP contribution in [0.2, 0.25) is 0 Å². The summed E-state index contributed by atoms with van der Waals surface area (Å²) in [5, 5.41) is 8.80. The first-order valence-electron chi connectivity index (χ1n) is 12.3. The molecule has 1 aliphatic heterocycles. The summed E-state index contributed by atoms with van der Waals surface area (Å²) in [7, 11) is 0. The van der Waals surface area contributed by atoms with Crippen LogP contribution in [0.4, 0.5) is 5.82 Å². The number of aromatic nitrogens is 2. The molecule has 1 unspecified atom stereocenters. The minimum Gasteiger partial charge on any atom is -0.352 e. The van der Waals surface area contributed by atoms with Crippen molar-refractivity contribution in [3.05, 3.63) is 78.4 Å². The summed E-state index contributed by atoms with van der Waals surface area (Å²) >= 11 is 0. The second-order valence-electron chi connectivity index (χ2n) is 9.08. The standard InChI is InChI=1S/C28H33N5O2/c1-3-22(2)20-33(28(35)24-12-8-5-9-13-24)21-27(34)32-18-16-31(17-19-32)26-15-14-25(29-30-26)23-10-6-4-7-11-23/h4-15,22H,3,16-21H2,1-2H3. The molecule has 2 heterocycles. The molecule has 1 saturated heterocycles. The second-order valence-corrected chi connectivity index (χ2v) is 9.08. The Morgan fingerprint density at radius 2 is 1.54 bits per heavy atom. The number of hydrogen-bond acceptors (Lipinski definition) is 5. The van der Waals surface area contributed by atoms with Crippen molar-refractivity contribution in [1.82, 2.24) is 20.0 Å². The van der Waals surface area contributed by atoms with Gasteiger partial charge in [0.2, 0.25) is 5.91 Å². The van der Waals surface area contributed by atoms with Crippen LogP contribution in [0.25, 0.3) is 11.3 Å². The number of anilines is 1. The van der Waals surface area contributed by atoms with Gasteiger partial charge in [-0.05, 0) is 30.2 Å². The lowest BCUT2D eigenvalue weighted by Crippen LogP contribution is -2.52. The highest BCUT2D eigenvalue weighted by Gasteiger charge is 2.26. The molecule has 182 valence electrons. The average Bonchev–Trinajstić information content (AvgIpc) is 2.93. The summed E-state index contributed by atoms with van der Waals surface area (Å²) < 4.78 is 0. The van der Waals surface area contributed by atoms with Crippen LogP contribution in [0.1, 0.15) is 30.6 Å². The van der Waals surface area contributed by atoms with E-state index in [1.54, 1.807) is 17.0 Å². The second kappa shape index (κ2) is 11.6. The summed E-state index contributed by atoms with van der Waals surface area (Å²) in [6.07, 6.45) is 0.954. The maximum Gasteiger partial charge on any atom is 0.254 e. The van der Waals surface area contributed by atoms with E-state index in [-0.39, 0.29) is 18.4 Å². The predicted octanol–water partition coefficient (Wildman–Crippen LogP) is 3.98. The third-order valence-electron chi connectivity index (χ3n) is 6.54. The van der Waals surface area contributed by atoms with Gasteiger partial charge in [0.25, 0.3) is 5.91 Å². The molecule has 1 aliphatic rings. The quantitative estimate of drug-likeness (QED) is 0.497. The van der Waals surface area contributed by atoms with Crippen LogP contribution in [0.3, 0.4) is 0 Å². The molecule has 35 heavy (non-hydrogen) atoms. The van der Waals surface area contributed by atoms with Crippen LogP contribution in [0.15, 0.2) is 72.8 Å². The van der Waals surface area contributed by atoms with Crippen molar-refractivity contribution in [1.29, 1.82) is 0 Å². The fourth-order valence-electron chi connectivity index (χ4n) is 4.19. The van der Waals surface area contributed by atoms with Gasteiger partial charge in [-0.3, -0.25) is 9.59 Å². The van der Waals surface area contributed by atoms with Gasteiger partial charge in [0.05, 0.1) is 5.69 Å². The molecule has 2 amide bonds. The normalized spacial score (nSPS) is 14.5. The van der Waals surface area contributed by atoms with E-state index in [0.717, 1.165) is 23.5 Å². The minimum atomic E-state index is -0.0910. The molecule has 2 aromatic carbocycles. The lowest BCUT2D eigenvalue weighted by atomic mass is 10.1. The molecule has 1 atom stereocenters. The van der Waals surface area contributed by atoms with Gasteiger partial charge in [-0.25, -0.2) is 0 Å². The van der Waals surface area contributed by atoms with Gasteiger partial charge in [0.1, 0.15) is 6.54 Å². The highest BCUT2D eigenvalue weighted by Crippen LogP contribution is 2.19. The number of amides is 2. The minimum absolute atomic E-state index is 0.0113. The largest absolute Gasteiger partial charge is 0.352 e. The third-order valence-corrected chi connectivity index (χ3v) is 6.54. The van der Waals surface area contributed by atoms with Crippen molar-refractivity contribution in [3.63, 3.8) is 0 Å². The fraction of sp³-hybridized carbons (Fsp3) is 0.357. The number of carbonyl (C=O) groups excluding carboxylic acids is 2. The zero-order valence-corrected chi connectivity index (χ0v) is 20.5. The third kappa shape index (κ3) is 6.23. The number of benzene rings is 2. The van der Waals surface area contributed by atoms with Crippen molar-refractivity contribution < 1.29 is 9.59 Å². The van der Waals surface area contributed by atoms with Gasteiger partial charge >= 0.3 is 0 Å². The van der Waals surface area contributed by atoms with Crippen molar-refractivity contribution in [2.24, 2.45) is 5.92 Å². The zero-order valence-electron chi connectivity index (χ0n) is 20.5. The van der Waals surface area contributed by atoms with E-state index in [4.69, 9.17) is 0 Å². The van der Waals surface area contributed by atoms with Gasteiger partial charge in [-0.2, -0.15) is 0 Å². The molecule has 0 radical (unpaired) electrons. The molecule has 1 aromatic heterocycles. The maximum absolute atomic E-state index is 13.1. The molecule has 3 aromatic rings. The Morgan fingerprint density at radius 3 is 2.14 bits per heavy atom. The molecule has 0 spiro atoms. The van der Waals surface area contributed by atoms with E-state index in [2.05, 4.69) is 28.9 Å². The first-order chi connectivity index (χ1) is 17.0. The molecule has 7 nitrogen and oxygen atoms in total. The predicted molar refractivity (Wildman–Crippen MR) is 138 cm³/mol.